The van der Waals surface area contributed by atoms with E-state index in [1.807, 2.05) is 0 Å². The topological polar surface area (TPSA) is 120 Å². The first-order valence-corrected chi connectivity index (χ1v) is 6.90. The maximum Gasteiger partial charge on any atom is 0.303 e. The zero-order chi connectivity index (χ0) is 15.5. The summed E-state index contributed by atoms with van der Waals surface area (Å²) in [7, 11) is 0. The van der Waals surface area contributed by atoms with E-state index in [-0.39, 0.29) is 12.4 Å². The Labute approximate surface area is 125 Å². The van der Waals surface area contributed by atoms with Gasteiger partial charge in [0, 0.05) is 13.0 Å². The molecule has 0 spiro atoms. The molecule has 0 aliphatic heterocycles. The van der Waals surface area contributed by atoms with Gasteiger partial charge in [0.05, 0.1) is 17.8 Å². The fourth-order valence-corrected chi connectivity index (χ4v) is 2.27. The van der Waals surface area contributed by atoms with Gasteiger partial charge in [0.2, 0.25) is 5.95 Å². The number of carbonyl (C=O) groups is 1. The number of aromatic nitrogens is 4. The van der Waals surface area contributed by atoms with Gasteiger partial charge in [-0.1, -0.05) is 0 Å². The first-order valence-electron chi connectivity index (χ1n) is 6.90. The van der Waals surface area contributed by atoms with Crippen molar-refractivity contribution < 1.29 is 14.3 Å². The molecule has 0 bridgehead atoms. The maximum atomic E-state index is 10.5. The summed E-state index contributed by atoms with van der Waals surface area (Å²) in [5, 5.41) is 13.7. The number of furan rings is 1. The molecule has 0 unspecified atom stereocenters. The molecule has 0 aliphatic rings. The number of aryl methyl sites for hydroxylation is 1. The minimum atomic E-state index is -0.794. The fourth-order valence-electron chi connectivity index (χ4n) is 2.27. The second kappa shape index (κ2) is 5.84. The molecule has 0 amide bonds. The van der Waals surface area contributed by atoms with Crippen LogP contribution >= 0.6 is 0 Å². The molecule has 0 radical (unpaired) electrons. The second-order valence-electron chi connectivity index (χ2n) is 4.86. The van der Waals surface area contributed by atoms with Gasteiger partial charge in [-0.25, -0.2) is 9.67 Å². The highest BCUT2D eigenvalue weighted by Gasteiger charge is 2.15. The molecule has 114 valence electrons. The molecule has 3 heterocycles. The third-order valence-corrected chi connectivity index (χ3v) is 3.28. The number of anilines is 1. The fraction of sp³-hybridized carbons (Fsp3) is 0.286. The number of nitrogens with two attached hydrogens (primary N) is 1. The molecule has 0 fully saturated rings. The molecular weight excluding hydrogens is 286 g/mol. The van der Waals surface area contributed by atoms with Gasteiger partial charge < -0.3 is 15.3 Å². The van der Waals surface area contributed by atoms with Gasteiger partial charge in [-0.05, 0) is 25.0 Å². The molecule has 22 heavy (non-hydrogen) atoms. The Kier molecular flexibility index (Phi) is 3.73. The third-order valence-electron chi connectivity index (χ3n) is 3.28. The molecule has 8 heteroatoms. The van der Waals surface area contributed by atoms with E-state index in [9.17, 15) is 4.79 Å². The first-order chi connectivity index (χ1) is 10.6. The van der Waals surface area contributed by atoms with Crippen molar-refractivity contribution in [3.63, 3.8) is 0 Å². The Morgan fingerprint density at radius 3 is 2.95 bits per heavy atom. The molecule has 3 N–H and O–H groups in total. The Morgan fingerprint density at radius 2 is 2.23 bits per heavy atom. The monoisotopic (exact) mass is 301 g/mol. The van der Waals surface area contributed by atoms with Crippen LogP contribution in [0.15, 0.2) is 29.0 Å². The predicted molar refractivity (Wildman–Crippen MR) is 78.9 cm³/mol. The molecule has 3 rings (SSSR count). The van der Waals surface area contributed by atoms with Crippen molar-refractivity contribution in [2.45, 2.75) is 25.8 Å². The van der Waals surface area contributed by atoms with E-state index in [0.29, 0.717) is 36.5 Å². The number of hydrogen-bond acceptors (Lipinski definition) is 6. The van der Waals surface area contributed by atoms with E-state index in [2.05, 4.69) is 15.1 Å². The first kappa shape index (κ1) is 14.1. The van der Waals surface area contributed by atoms with Gasteiger partial charge in [-0.3, -0.25) is 4.79 Å². The van der Waals surface area contributed by atoms with Crippen LogP contribution in [0.25, 0.3) is 22.5 Å². The van der Waals surface area contributed by atoms with Crippen LogP contribution in [0.3, 0.4) is 0 Å². The molecule has 0 saturated heterocycles. The average molecular weight is 301 g/mol. The van der Waals surface area contributed by atoms with Gasteiger partial charge in [0.1, 0.15) is 5.69 Å². The summed E-state index contributed by atoms with van der Waals surface area (Å²) in [5.41, 5.74) is 6.99. The van der Waals surface area contributed by atoms with E-state index in [1.165, 1.54) is 0 Å². The lowest BCUT2D eigenvalue weighted by atomic mass is 10.2. The molecule has 0 aromatic carbocycles. The van der Waals surface area contributed by atoms with Crippen LogP contribution in [0.1, 0.15) is 19.3 Å². The van der Waals surface area contributed by atoms with Crippen molar-refractivity contribution in [1.82, 2.24) is 19.7 Å². The zero-order valence-electron chi connectivity index (χ0n) is 11.8. The summed E-state index contributed by atoms with van der Waals surface area (Å²) in [6.07, 6.45) is 4.67. The van der Waals surface area contributed by atoms with Crippen LogP contribution < -0.4 is 5.73 Å². The molecule has 3 aromatic rings. The van der Waals surface area contributed by atoms with Crippen molar-refractivity contribution in [3.8, 4) is 11.5 Å². The van der Waals surface area contributed by atoms with Crippen LogP contribution in [0, 0.1) is 0 Å². The third kappa shape index (κ3) is 2.76. The Hall–Kier alpha value is -2.90. The van der Waals surface area contributed by atoms with Crippen LogP contribution in [-0.4, -0.2) is 30.8 Å². The predicted octanol–water partition coefficient (Wildman–Crippen LogP) is 1.92. The van der Waals surface area contributed by atoms with Gasteiger partial charge in [0.25, 0.3) is 0 Å². The van der Waals surface area contributed by atoms with Crippen molar-refractivity contribution in [2.24, 2.45) is 0 Å². The lowest BCUT2D eigenvalue weighted by molar-refractivity contribution is -0.137. The number of nitrogens with zero attached hydrogens (tertiary/aromatic N) is 4. The highest BCUT2D eigenvalue weighted by Crippen LogP contribution is 2.27. The standard InChI is InChI=1S/C14H15N5O3/c15-14-17-12(10-4-3-7-22-10)9-8-16-19(13(9)18-14)6-2-1-5-11(20)21/h3-4,7-8H,1-2,5-6H2,(H,20,21)(H2,15,17,18). The van der Waals surface area contributed by atoms with E-state index in [0.717, 1.165) is 5.39 Å². The van der Waals surface area contributed by atoms with Crippen LogP contribution in [-0.2, 0) is 11.3 Å². The SMILES string of the molecule is Nc1nc(-c2ccco2)c2cnn(CCCCC(=O)O)c2n1. The molecule has 0 aliphatic carbocycles. The quantitative estimate of drug-likeness (QED) is 0.667. The summed E-state index contributed by atoms with van der Waals surface area (Å²) in [4.78, 5) is 19.0. The van der Waals surface area contributed by atoms with Crippen LogP contribution in [0.2, 0.25) is 0 Å². The number of fused-ring (bicyclic) bond motifs is 1. The largest absolute Gasteiger partial charge is 0.481 e. The van der Waals surface area contributed by atoms with E-state index < -0.39 is 5.97 Å². The number of rotatable bonds is 6. The molecule has 8 nitrogen and oxygen atoms in total. The summed E-state index contributed by atoms with van der Waals surface area (Å²) in [6.45, 7) is 0.574. The molecule has 0 saturated carbocycles. The van der Waals surface area contributed by atoms with E-state index in [4.69, 9.17) is 15.3 Å². The summed E-state index contributed by atoms with van der Waals surface area (Å²) >= 11 is 0. The Morgan fingerprint density at radius 1 is 1.36 bits per heavy atom. The smallest absolute Gasteiger partial charge is 0.303 e. The molecular formula is C14H15N5O3. The second-order valence-corrected chi connectivity index (χ2v) is 4.86. The van der Waals surface area contributed by atoms with Crippen molar-refractivity contribution >= 4 is 23.0 Å². The zero-order valence-corrected chi connectivity index (χ0v) is 11.8. The highest BCUT2D eigenvalue weighted by molar-refractivity contribution is 5.89. The highest BCUT2D eigenvalue weighted by atomic mass is 16.4. The summed E-state index contributed by atoms with van der Waals surface area (Å²) < 4.78 is 7.08. The number of carboxylic acid groups (broad SMARTS) is 1. The normalized spacial score (nSPS) is 11.1. The molecule has 3 aromatic heterocycles. The lowest BCUT2D eigenvalue weighted by Crippen LogP contribution is -2.05. The van der Waals surface area contributed by atoms with Crippen LogP contribution in [0.4, 0.5) is 5.95 Å². The minimum Gasteiger partial charge on any atom is -0.481 e. The van der Waals surface area contributed by atoms with E-state index in [1.54, 1.807) is 29.3 Å². The van der Waals surface area contributed by atoms with Crippen LogP contribution in [0.5, 0.6) is 0 Å². The Balaban J connectivity index is 1.89. The summed E-state index contributed by atoms with van der Waals surface area (Å²) in [5.74, 6) is -0.0484. The average Bonchev–Trinajstić information content (AvgIpc) is 3.12. The Bertz CT molecular complexity index is 794. The summed E-state index contributed by atoms with van der Waals surface area (Å²) in [6, 6.07) is 3.57. The molecule has 0 atom stereocenters. The number of unbranched alkanes of at least 4 members (excludes halogenated alkanes) is 1. The van der Waals surface area contributed by atoms with Gasteiger partial charge in [-0.2, -0.15) is 10.1 Å². The number of aliphatic carboxylic acids is 1. The minimum absolute atomic E-state index is 0.145. The maximum absolute atomic E-state index is 10.5. The number of nitrogen functional groups attached to an aromatic ring is 1. The lowest BCUT2D eigenvalue weighted by Gasteiger charge is -2.04. The van der Waals surface area contributed by atoms with E-state index >= 15 is 0 Å². The number of carboxylic acids is 1. The van der Waals surface area contributed by atoms with Gasteiger partial charge >= 0.3 is 5.97 Å². The van der Waals surface area contributed by atoms with Crippen molar-refractivity contribution in [2.75, 3.05) is 5.73 Å². The number of hydrogen-bond donors (Lipinski definition) is 2. The van der Waals surface area contributed by atoms with Gasteiger partial charge in [0.15, 0.2) is 11.4 Å². The van der Waals surface area contributed by atoms with Crippen molar-refractivity contribution in [1.29, 1.82) is 0 Å². The van der Waals surface area contributed by atoms with Crippen molar-refractivity contribution in [3.05, 3.63) is 24.6 Å². The van der Waals surface area contributed by atoms with Gasteiger partial charge in [-0.15, -0.1) is 0 Å².